The smallest absolute Gasteiger partial charge is 0.272 e. The summed E-state index contributed by atoms with van der Waals surface area (Å²) in [5, 5.41) is 10.9. The van der Waals surface area contributed by atoms with Crippen LogP contribution in [0.25, 0.3) is 0 Å². The predicted octanol–water partition coefficient (Wildman–Crippen LogP) is 4.05. The van der Waals surface area contributed by atoms with Gasteiger partial charge in [0.2, 0.25) is 0 Å². The van der Waals surface area contributed by atoms with Gasteiger partial charge in [-0.1, -0.05) is 11.8 Å². The lowest BCUT2D eigenvalue weighted by atomic mass is 10.0. The van der Waals surface area contributed by atoms with Gasteiger partial charge in [-0.2, -0.15) is 0 Å². The molecule has 2 aliphatic heterocycles. The Hall–Kier alpha value is -3.66. The molecule has 2 aliphatic rings. The molecule has 1 aromatic carbocycles. The number of nitrogens with two attached hydrogens (primary N) is 1. The summed E-state index contributed by atoms with van der Waals surface area (Å²) in [6.45, 7) is 8.46. The summed E-state index contributed by atoms with van der Waals surface area (Å²) in [5.41, 5.74) is 5.68. The SMILES string of the molecule is C#C.CC(C)(C#Cc1c(Oc2ccc([N+](=O)[O-])cc2F)ccnc1N)N1CC[C@H](N2CCCC2)C1. The first kappa shape index (κ1) is 26.0. The number of nitro groups is 1. The maximum atomic E-state index is 14.3. The average Bonchev–Trinajstić information content (AvgIpc) is 3.54. The van der Waals surface area contributed by atoms with E-state index in [-0.39, 0.29) is 23.0 Å². The van der Waals surface area contributed by atoms with Crippen molar-refractivity contribution in [1.29, 1.82) is 0 Å². The average molecular weight is 480 g/mol. The molecule has 4 rings (SSSR count). The number of nitrogen functional groups attached to an aromatic ring is 1. The van der Waals surface area contributed by atoms with Gasteiger partial charge < -0.3 is 10.5 Å². The van der Waals surface area contributed by atoms with Gasteiger partial charge >= 0.3 is 0 Å². The number of pyridine rings is 1. The highest BCUT2D eigenvalue weighted by molar-refractivity contribution is 5.60. The van der Waals surface area contributed by atoms with Crippen LogP contribution < -0.4 is 10.5 Å². The van der Waals surface area contributed by atoms with E-state index in [1.54, 1.807) is 6.07 Å². The van der Waals surface area contributed by atoms with E-state index in [4.69, 9.17) is 10.5 Å². The summed E-state index contributed by atoms with van der Waals surface area (Å²) in [5.74, 6) is 5.84. The first-order valence-corrected chi connectivity index (χ1v) is 11.5. The van der Waals surface area contributed by atoms with Crippen molar-refractivity contribution in [2.45, 2.75) is 44.7 Å². The van der Waals surface area contributed by atoms with Gasteiger partial charge in [-0.15, -0.1) is 12.8 Å². The van der Waals surface area contributed by atoms with E-state index >= 15 is 0 Å². The number of terminal acetylenes is 1. The van der Waals surface area contributed by atoms with E-state index in [2.05, 4.69) is 53.3 Å². The molecule has 2 saturated heterocycles. The maximum absolute atomic E-state index is 14.3. The Morgan fingerprint density at radius 1 is 1.23 bits per heavy atom. The van der Waals surface area contributed by atoms with Crippen LogP contribution >= 0.6 is 0 Å². The third kappa shape index (κ3) is 6.07. The molecule has 0 radical (unpaired) electrons. The first-order valence-electron chi connectivity index (χ1n) is 11.5. The Kier molecular flexibility index (Phi) is 8.29. The zero-order valence-electron chi connectivity index (χ0n) is 20.0. The third-order valence-electron chi connectivity index (χ3n) is 6.39. The number of benzene rings is 1. The molecule has 1 aromatic heterocycles. The number of halogens is 1. The Labute approximate surface area is 205 Å². The van der Waals surface area contributed by atoms with Gasteiger partial charge in [0.25, 0.3) is 5.69 Å². The lowest BCUT2D eigenvalue weighted by molar-refractivity contribution is -0.385. The van der Waals surface area contributed by atoms with Crippen molar-refractivity contribution < 1.29 is 14.1 Å². The van der Waals surface area contributed by atoms with Crippen molar-refractivity contribution in [1.82, 2.24) is 14.8 Å². The molecule has 0 spiro atoms. The summed E-state index contributed by atoms with van der Waals surface area (Å²) >= 11 is 0. The fraction of sp³-hybridized carbons (Fsp3) is 0.423. The predicted molar refractivity (Wildman–Crippen MR) is 133 cm³/mol. The molecule has 3 heterocycles. The summed E-state index contributed by atoms with van der Waals surface area (Å²) in [6.07, 6.45) is 13.1. The van der Waals surface area contributed by atoms with E-state index in [0.29, 0.717) is 11.6 Å². The standard InChI is InChI=1S/C24H28FN5O3.C2H2/c1-24(2,29-14-9-18(16-29)28-12-3-4-13-28)10-7-19-21(8-11-27-23(19)26)33-22-6-5-17(30(31)32)15-20(22)25;1-2/h5-6,8,11,15,18H,3-4,9,12-14,16H2,1-2H3,(H2,26,27);1-2H/t18-;/m0./s1. The van der Waals surface area contributed by atoms with Crippen LogP contribution in [0.15, 0.2) is 30.5 Å². The Balaban J connectivity index is 0.00000167. The molecule has 2 N–H and O–H groups in total. The van der Waals surface area contributed by atoms with Crippen molar-refractivity contribution in [2.24, 2.45) is 0 Å². The second kappa shape index (κ2) is 11.2. The molecule has 0 bridgehead atoms. The summed E-state index contributed by atoms with van der Waals surface area (Å²) in [7, 11) is 0. The van der Waals surface area contributed by atoms with Gasteiger partial charge in [-0.3, -0.25) is 19.9 Å². The van der Waals surface area contributed by atoms with Crippen molar-refractivity contribution in [3.63, 3.8) is 0 Å². The monoisotopic (exact) mass is 479 g/mol. The van der Waals surface area contributed by atoms with Gasteiger partial charge in [0.15, 0.2) is 11.6 Å². The largest absolute Gasteiger partial charge is 0.453 e. The minimum atomic E-state index is -0.844. The highest BCUT2D eigenvalue weighted by atomic mass is 19.1. The molecule has 9 heteroatoms. The van der Waals surface area contributed by atoms with Crippen molar-refractivity contribution >= 4 is 11.5 Å². The van der Waals surface area contributed by atoms with E-state index in [1.807, 2.05) is 0 Å². The van der Waals surface area contributed by atoms with Crippen LogP contribution in [-0.4, -0.2) is 57.5 Å². The lowest BCUT2D eigenvalue weighted by Gasteiger charge is -2.32. The summed E-state index contributed by atoms with van der Waals surface area (Å²) in [6, 6.07) is 5.34. The van der Waals surface area contributed by atoms with Crippen LogP contribution in [-0.2, 0) is 0 Å². The highest BCUT2D eigenvalue weighted by Gasteiger charge is 2.35. The van der Waals surface area contributed by atoms with Crippen LogP contribution in [0, 0.1) is 40.6 Å². The van der Waals surface area contributed by atoms with Gasteiger partial charge in [0.1, 0.15) is 17.1 Å². The fourth-order valence-corrected chi connectivity index (χ4v) is 4.42. The topological polar surface area (TPSA) is 97.8 Å². The highest BCUT2D eigenvalue weighted by Crippen LogP contribution is 2.31. The van der Waals surface area contributed by atoms with Crippen molar-refractivity contribution in [3.8, 4) is 36.2 Å². The maximum Gasteiger partial charge on any atom is 0.272 e. The molecule has 0 unspecified atom stereocenters. The fourth-order valence-electron chi connectivity index (χ4n) is 4.42. The second-order valence-electron chi connectivity index (χ2n) is 8.98. The zero-order valence-corrected chi connectivity index (χ0v) is 20.0. The minimum absolute atomic E-state index is 0.151. The number of rotatable bonds is 5. The minimum Gasteiger partial charge on any atom is -0.453 e. The number of hydrogen-bond donors (Lipinski definition) is 1. The van der Waals surface area contributed by atoms with Crippen LogP contribution in [0.3, 0.4) is 0 Å². The number of likely N-dealkylation sites (tertiary alicyclic amines) is 2. The second-order valence-corrected chi connectivity index (χ2v) is 8.98. The number of aromatic nitrogens is 1. The number of hydrogen-bond acceptors (Lipinski definition) is 7. The molecule has 0 amide bonds. The Bertz CT molecular complexity index is 1150. The van der Waals surface area contributed by atoms with Crippen molar-refractivity contribution in [2.75, 3.05) is 31.9 Å². The quantitative estimate of drug-likeness (QED) is 0.392. The van der Waals surface area contributed by atoms with Gasteiger partial charge in [-0.05, 0) is 52.3 Å². The molecule has 0 saturated carbocycles. The lowest BCUT2D eigenvalue weighted by Crippen LogP contribution is -2.43. The molecule has 0 aliphatic carbocycles. The zero-order chi connectivity index (χ0) is 25.6. The van der Waals surface area contributed by atoms with Crippen LogP contribution in [0.1, 0.15) is 38.7 Å². The normalized spacial score (nSPS) is 18.3. The molecular formula is C26H30FN5O3. The molecule has 2 aromatic rings. The van der Waals surface area contributed by atoms with Gasteiger partial charge in [-0.25, -0.2) is 9.37 Å². The van der Waals surface area contributed by atoms with Gasteiger partial charge in [0.05, 0.1) is 16.5 Å². The number of nitrogens with zero attached hydrogens (tertiary/aromatic N) is 4. The van der Waals surface area contributed by atoms with E-state index in [9.17, 15) is 14.5 Å². The summed E-state index contributed by atoms with van der Waals surface area (Å²) < 4.78 is 20.0. The third-order valence-corrected chi connectivity index (χ3v) is 6.39. The number of anilines is 1. The number of nitro benzene ring substituents is 1. The van der Waals surface area contributed by atoms with E-state index in [0.717, 1.165) is 25.6 Å². The number of non-ortho nitro benzene ring substituents is 1. The molecule has 184 valence electrons. The Morgan fingerprint density at radius 2 is 1.94 bits per heavy atom. The van der Waals surface area contributed by atoms with Crippen LogP contribution in [0.4, 0.5) is 15.9 Å². The first-order chi connectivity index (χ1) is 16.7. The van der Waals surface area contributed by atoms with E-state index in [1.165, 1.54) is 44.3 Å². The molecule has 1 atom stereocenters. The van der Waals surface area contributed by atoms with E-state index < -0.39 is 16.3 Å². The number of ether oxygens (including phenoxy) is 1. The molecule has 8 nitrogen and oxygen atoms in total. The molecule has 2 fully saturated rings. The Morgan fingerprint density at radius 3 is 2.60 bits per heavy atom. The van der Waals surface area contributed by atoms with Crippen molar-refractivity contribution in [3.05, 3.63) is 52.0 Å². The molecular weight excluding hydrogens is 449 g/mol. The van der Waals surface area contributed by atoms with Crippen LogP contribution in [0.5, 0.6) is 11.5 Å². The summed E-state index contributed by atoms with van der Waals surface area (Å²) in [4.78, 5) is 19.2. The van der Waals surface area contributed by atoms with Crippen LogP contribution in [0.2, 0.25) is 0 Å². The van der Waals surface area contributed by atoms with Gasteiger partial charge in [0, 0.05) is 37.5 Å². The molecule has 35 heavy (non-hydrogen) atoms.